The molecule has 0 amide bonds. The Balaban J connectivity index is 0.00000133. The minimum atomic E-state index is 0. The molecule has 0 saturated heterocycles. The number of halogens is 2. The van der Waals surface area contributed by atoms with E-state index in [1.807, 2.05) is 12.1 Å². The first-order chi connectivity index (χ1) is 8.83. The molecule has 1 aromatic carbocycles. The third kappa shape index (κ3) is 3.45. The highest BCUT2D eigenvalue weighted by molar-refractivity contribution is 14.0. The highest BCUT2D eigenvalue weighted by atomic mass is 127. The molecule has 0 aliphatic carbocycles. The molecule has 2 aliphatic rings. The number of nitrogens with one attached hydrogen (secondary N) is 2. The third-order valence-electron chi connectivity index (χ3n) is 3.17. The van der Waals surface area contributed by atoms with Crippen LogP contribution in [0.1, 0.15) is 17.5 Å². The van der Waals surface area contributed by atoms with Gasteiger partial charge < -0.3 is 15.4 Å². The predicted molar refractivity (Wildman–Crippen MR) is 87.8 cm³/mol. The van der Waals surface area contributed by atoms with Crippen LogP contribution in [-0.4, -0.2) is 25.7 Å². The molecule has 6 heteroatoms. The van der Waals surface area contributed by atoms with Crippen molar-refractivity contribution in [2.75, 3.05) is 19.7 Å². The van der Waals surface area contributed by atoms with Crippen LogP contribution in [0.2, 0.25) is 5.02 Å². The molecule has 0 fully saturated rings. The monoisotopic (exact) mass is 393 g/mol. The number of hydrogen-bond donors (Lipinski definition) is 2. The lowest BCUT2D eigenvalue weighted by Crippen LogP contribution is -2.40. The van der Waals surface area contributed by atoms with Crippen molar-refractivity contribution >= 4 is 41.5 Å². The van der Waals surface area contributed by atoms with Gasteiger partial charge in [0.05, 0.1) is 6.61 Å². The largest absolute Gasteiger partial charge is 0.493 e. The number of benzene rings is 1. The smallest absolute Gasteiger partial charge is 0.191 e. The minimum absolute atomic E-state index is 0. The van der Waals surface area contributed by atoms with Gasteiger partial charge in [0.1, 0.15) is 5.75 Å². The van der Waals surface area contributed by atoms with Gasteiger partial charge in [0.15, 0.2) is 5.96 Å². The molecule has 19 heavy (non-hydrogen) atoms. The molecule has 0 bridgehead atoms. The van der Waals surface area contributed by atoms with Crippen molar-refractivity contribution in [3.8, 4) is 5.75 Å². The van der Waals surface area contributed by atoms with Crippen LogP contribution in [-0.2, 0) is 13.0 Å². The lowest BCUT2D eigenvalue weighted by molar-refractivity contribution is 0.353. The van der Waals surface area contributed by atoms with E-state index < -0.39 is 0 Å². The van der Waals surface area contributed by atoms with Crippen molar-refractivity contribution in [2.24, 2.45) is 4.99 Å². The van der Waals surface area contributed by atoms with Crippen LogP contribution in [0.5, 0.6) is 5.75 Å². The van der Waals surface area contributed by atoms with Crippen LogP contribution in [0.3, 0.4) is 0 Å². The van der Waals surface area contributed by atoms with E-state index in [-0.39, 0.29) is 24.0 Å². The molecule has 0 aromatic heterocycles. The van der Waals surface area contributed by atoms with E-state index in [2.05, 4.69) is 15.6 Å². The van der Waals surface area contributed by atoms with E-state index in [1.54, 1.807) is 0 Å². The predicted octanol–water partition coefficient (Wildman–Crippen LogP) is 2.33. The highest BCUT2D eigenvalue weighted by Crippen LogP contribution is 2.32. The second-order valence-corrected chi connectivity index (χ2v) is 4.95. The Morgan fingerprint density at radius 2 is 2.32 bits per heavy atom. The molecule has 0 spiro atoms. The molecular weight excluding hydrogens is 377 g/mol. The average molecular weight is 394 g/mol. The summed E-state index contributed by atoms with van der Waals surface area (Å²) < 4.78 is 5.67. The first kappa shape index (κ1) is 14.7. The first-order valence-corrected chi connectivity index (χ1v) is 6.67. The van der Waals surface area contributed by atoms with Gasteiger partial charge in [0.2, 0.25) is 0 Å². The van der Waals surface area contributed by atoms with Crippen LogP contribution in [0, 0.1) is 0 Å². The summed E-state index contributed by atoms with van der Waals surface area (Å²) in [6.07, 6.45) is 2.04. The molecule has 104 valence electrons. The van der Waals surface area contributed by atoms with Crippen molar-refractivity contribution in [3.63, 3.8) is 0 Å². The molecule has 0 unspecified atom stereocenters. The summed E-state index contributed by atoms with van der Waals surface area (Å²) in [5, 5.41) is 7.30. The van der Waals surface area contributed by atoms with Gasteiger partial charge in [-0.3, -0.25) is 4.99 Å². The van der Waals surface area contributed by atoms with Crippen LogP contribution in [0.25, 0.3) is 0 Å². The van der Waals surface area contributed by atoms with Gasteiger partial charge in [-0.15, -0.1) is 24.0 Å². The fourth-order valence-corrected chi connectivity index (χ4v) is 2.57. The van der Waals surface area contributed by atoms with E-state index in [1.165, 1.54) is 5.56 Å². The molecule has 0 atom stereocenters. The van der Waals surface area contributed by atoms with Gasteiger partial charge in [-0.1, -0.05) is 11.6 Å². The zero-order valence-electron chi connectivity index (χ0n) is 10.5. The average Bonchev–Trinajstić information content (AvgIpc) is 2.85. The van der Waals surface area contributed by atoms with Crippen LogP contribution in [0.15, 0.2) is 17.1 Å². The van der Waals surface area contributed by atoms with Crippen LogP contribution < -0.4 is 15.4 Å². The summed E-state index contributed by atoms with van der Waals surface area (Å²) >= 11 is 6.12. The number of fused-ring (bicyclic) bond motifs is 1. The second-order valence-electron chi connectivity index (χ2n) is 4.52. The van der Waals surface area contributed by atoms with Gasteiger partial charge in [-0.2, -0.15) is 0 Å². The van der Waals surface area contributed by atoms with Gasteiger partial charge in [0.25, 0.3) is 0 Å². The summed E-state index contributed by atoms with van der Waals surface area (Å²) in [7, 11) is 0. The number of ether oxygens (including phenoxy) is 1. The molecule has 4 nitrogen and oxygen atoms in total. The zero-order chi connectivity index (χ0) is 12.4. The molecule has 0 radical (unpaired) electrons. The topological polar surface area (TPSA) is 45.7 Å². The van der Waals surface area contributed by atoms with E-state index in [4.69, 9.17) is 16.3 Å². The van der Waals surface area contributed by atoms with Gasteiger partial charge >= 0.3 is 0 Å². The van der Waals surface area contributed by atoms with Crippen LogP contribution in [0.4, 0.5) is 0 Å². The Hall–Kier alpha value is -0.690. The molecular formula is C13H17ClIN3O. The molecule has 2 heterocycles. The normalized spacial score (nSPS) is 16.6. The van der Waals surface area contributed by atoms with E-state index in [0.717, 1.165) is 54.8 Å². The maximum atomic E-state index is 6.12. The lowest BCUT2D eigenvalue weighted by Gasteiger charge is -2.17. The minimum Gasteiger partial charge on any atom is -0.493 e. The van der Waals surface area contributed by atoms with Crippen molar-refractivity contribution < 1.29 is 4.74 Å². The third-order valence-corrected chi connectivity index (χ3v) is 3.39. The maximum absolute atomic E-state index is 6.12. The first-order valence-electron chi connectivity index (χ1n) is 6.29. The fourth-order valence-electron chi connectivity index (χ4n) is 2.31. The second kappa shape index (κ2) is 6.65. The summed E-state index contributed by atoms with van der Waals surface area (Å²) in [5.74, 6) is 1.86. The van der Waals surface area contributed by atoms with E-state index in [0.29, 0.717) is 6.54 Å². The lowest BCUT2D eigenvalue weighted by atomic mass is 10.1. The number of nitrogens with zero attached hydrogens (tertiary/aromatic N) is 1. The summed E-state index contributed by atoms with van der Waals surface area (Å²) in [5.41, 5.74) is 2.31. The number of guanidine groups is 1. The van der Waals surface area contributed by atoms with Gasteiger partial charge in [-0.05, 0) is 24.1 Å². The number of aliphatic imine (C=N–C) groups is 1. The van der Waals surface area contributed by atoms with E-state index >= 15 is 0 Å². The Kier molecular flexibility index (Phi) is 5.15. The van der Waals surface area contributed by atoms with Crippen LogP contribution >= 0.6 is 35.6 Å². The highest BCUT2D eigenvalue weighted by Gasteiger charge is 2.17. The molecule has 2 N–H and O–H groups in total. The van der Waals surface area contributed by atoms with Crippen molar-refractivity contribution in [1.82, 2.24) is 10.6 Å². The zero-order valence-corrected chi connectivity index (χ0v) is 13.6. The summed E-state index contributed by atoms with van der Waals surface area (Å²) in [4.78, 5) is 4.38. The van der Waals surface area contributed by atoms with Crippen molar-refractivity contribution in [3.05, 3.63) is 28.3 Å². The maximum Gasteiger partial charge on any atom is 0.191 e. The quantitative estimate of drug-likeness (QED) is 0.758. The Labute approximate surface area is 135 Å². The van der Waals surface area contributed by atoms with Crippen molar-refractivity contribution in [1.29, 1.82) is 0 Å². The SMILES string of the molecule is Clc1cc2c(c(CNC3=NCCCN3)c1)OCC2.I. The number of hydrogen-bond acceptors (Lipinski definition) is 4. The Morgan fingerprint density at radius 1 is 1.42 bits per heavy atom. The Bertz CT molecular complexity index is 493. The van der Waals surface area contributed by atoms with Gasteiger partial charge in [0, 0.05) is 36.6 Å². The van der Waals surface area contributed by atoms with E-state index in [9.17, 15) is 0 Å². The fraction of sp³-hybridized carbons (Fsp3) is 0.462. The summed E-state index contributed by atoms with van der Waals surface area (Å²) in [6.45, 7) is 3.31. The molecule has 3 rings (SSSR count). The summed E-state index contributed by atoms with van der Waals surface area (Å²) in [6, 6.07) is 3.95. The molecule has 2 aliphatic heterocycles. The van der Waals surface area contributed by atoms with Gasteiger partial charge in [-0.25, -0.2) is 0 Å². The van der Waals surface area contributed by atoms with Crippen molar-refractivity contribution in [2.45, 2.75) is 19.4 Å². The standard InChI is InChI=1S/C13H16ClN3O.HI/c14-11-6-9-2-5-18-12(9)10(7-11)8-17-13-15-3-1-4-16-13;/h6-7H,1-5,8H2,(H2,15,16,17);1H. The Morgan fingerprint density at radius 3 is 3.11 bits per heavy atom. The molecule has 1 aromatic rings. The molecule has 0 saturated carbocycles. The number of rotatable bonds is 2.